The predicted molar refractivity (Wildman–Crippen MR) is 155 cm³/mol. The lowest BCUT2D eigenvalue weighted by Crippen LogP contribution is -2.31. The van der Waals surface area contributed by atoms with E-state index in [4.69, 9.17) is 9.47 Å². The molecule has 2 N–H and O–H groups in total. The lowest BCUT2D eigenvalue weighted by Gasteiger charge is -2.29. The second-order valence-corrected chi connectivity index (χ2v) is 10.3. The molecule has 8 heteroatoms. The van der Waals surface area contributed by atoms with Crippen LogP contribution in [0, 0.1) is 10.8 Å². The number of hydrogen-bond acceptors (Lipinski definition) is 6. The van der Waals surface area contributed by atoms with Gasteiger partial charge in [0.05, 0.1) is 19.8 Å². The van der Waals surface area contributed by atoms with Gasteiger partial charge in [-0.15, -0.1) is 0 Å². The first-order valence-corrected chi connectivity index (χ1v) is 14.9. The summed E-state index contributed by atoms with van der Waals surface area (Å²) in [6.45, 7) is 22.5. The molecule has 0 saturated heterocycles. The summed E-state index contributed by atoms with van der Waals surface area (Å²) >= 11 is 5.60. The summed E-state index contributed by atoms with van der Waals surface area (Å²) in [7, 11) is 0. The Labute approximate surface area is 222 Å². The quantitative estimate of drug-likeness (QED) is 0.119. The van der Waals surface area contributed by atoms with Crippen LogP contribution in [0.3, 0.4) is 0 Å². The first kappa shape index (κ1) is 40.7. The minimum absolute atomic E-state index is 0.0292. The van der Waals surface area contributed by atoms with Crippen LogP contribution in [-0.4, -0.2) is 69.6 Å². The SMILES string of the molecule is CC.CC.CCCS.CSCCC(=O)NCCCOCC(C)(C)COCC(C)(C)CCNC=O. The summed E-state index contributed by atoms with van der Waals surface area (Å²) in [4.78, 5) is 21.8. The molecule has 0 spiro atoms. The van der Waals surface area contributed by atoms with E-state index in [1.807, 2.05) is 34.0 Å². The topological polar surface area (TPSA) is 76.7 Å². The van der Waals surface area contributed by atoms with E-state index in [1.165, 1.54) is 6.42 Å². The van der Waals surface area contributed by atoms with Crippen molar-refractivity contribution in [3.05, 3.63) is 0 Å². The van der Waals surface area contributed by atoms with Crippen molar-refractivity contribution < 1.29 is 19.1 Å². The number of thiol groups is 1. The van der Waals surface area contributed by atoms with Crippen molar-refractivity contribution in [2.24, 2.45) is 10.8 Å². The van der Waals surface area contributed by atoms with Crippen LogP contribution in [0.5, 0.6) is 0 Å². The van der Waals surface area contributed by atoms with Gasteiger partial charge in [0.2, 0.25) is 12.3 Å². The van der Waals surface area contributed by atoms with Crippen LogP contribution in [0.4, 0.5) is 0 Å². The third-order valence-electron chi connectivity index (χ3n) is 4.05. The molecule has 34 heavy (non-hydrogen) atoms. The van der Waals surface area contributed by atoms with Crippen LogP contribution in [0.25, 0.3) is 0 Å². The van der Waals surface area contributed by atoms with Crippen LogP contribution >= 0.6 is 24.4 Å². The van der Waals surface area contributed by atoms with Crippen LogP contribution in [0.1, 0.15) is 88.0 Å². The van der Waals surface area contributed by atoms with E-state index in [2.05, 4.69) is 57.9 Å². The Morgan fingerprint density at radius 3 is 2.00 bits per heavy atom. The minimum Gasteiger partial charge on any atom is -0.381 e. The van der Waals surface area contributed by atoms with Crippen molar-refractivity contribution in [2.45, 2.75) is 88.0 Å². The third kappa shape index (κ3) is 36.1. The summed E-state index contributed by atoms with van der Waals surface area (Å²) in [6, 6.07) is 0. The molecule has 0 fully saturated rings. The molecule has 0 aliphatic rings. The highest BCUT2D eigenvalue weighted by atomic mass is 32.2. The first-order chi connectivity index (χ1) is 16.1. The lowest BCUT2D eigenvalue weighted by atomic mass is 9.90. The van der Waals surface area contributed by atoms with Crippen LogP contribution in [-0.2, 0) is 19.1 Å². The van der Waals surface area contributed by atoms with Gasteiger partial charge in [-0.2, -0.15) is 24.4 Å². The highest BCUT2D eigenvalue weighted by molar-refractivity contribution is 7.98. The van der Waals surface area contributed by atoms with Gasteiger partial charge in [-0.05, 0) is 36.7 Å². The summed E-state index contributed by atoms with van der Waals surface area (Å²) in [5.74, 6) is 1.99. The zero-order chi connectivity index (χ0) is 27.3. The standard InChI is InChI=1S/C19H38N2O4S.C3H8S.2C2H6/c1-18(2,8-10-20-16-22)13-25-15-19(3,4)14-24-11-6-9-21-17(23)7-12-26-5;1-2-3-4;2*1-2/h16H,6-15H2,1-5H3,(H,20,22)(H,21,23);4H,2-3H2,1H3;2*1-2H3. The molecule has 0 unspecified atom stereocenters. The maximum atomic E-state index is 11.5. The zero-order valence-electron chi connectivity index (χ0n) is 24.1. The van der Waals surface area contributed by atoms with Gasteiger partial charge in [-0.1, -0.05) is 62.3 Å². The molecule has 0 atom stereocenters. The monoisotopic (exact) mass is 526 g/mol. The molecule has 208 valence electrons. The Bertz CT molecular complexity index is 422. The number of hydrogen-bond donors (Lipinski definition) is 3. The van der Waals surface area contributed by atoms with Gasteiger partial charge in [-0.25, -0.2) is 0 Å². The summed E-state index contributed by atoms with van der Waals surface area (Å²) < 4.78 is 11.6. The number of rotatable bonds is 18. The molecule has 0 bridgehead atoms. The van der Waals surface area contributed by atoms with Crippen molar-refractivity contribution in [1.82, 2.24) is 10.6 Å². The molecule has 0 aliphatic carbocycles. The largest absolute Gasteiger partial charge is 0.381 e. The average molecular weight is 527 g/mol. The van der Waals surface area contributed by atoms with Crippen molar-refractivity contribution in [3.63, 3.8) is 0 Å². The van der Waals surface area contributed by atoms with E-state index in [0.29, 0.717) is 45.9 Å². The molecule has 0 aromatic carbocycles. The Kier molecular flexibility index (Phi) is 36.6. The molecule has 0 heterocycles. The Morgan fingerprint density at radius 2 is 1.50 bits per heavy atom. The van der Waals surface area contributed by atoms with Gasteiger partial charge in [0.15, 0.2) is 0 Å². The van der Waals surface area contributed by atoms with Gasteiger partial charge in [-0.3, -0.25) is 9.59 Å². The van der Waals surface area contributed by atoms with E-state index in [-0.39, 0.29) is 16.7 Å². The molecular formula is C26H58N2O4S2. The molecule has 2 amide bonds. The predicted octanol–water partition coefficient (Wildman–Crippen LogP) is 5.85. The number of nitrogens with one attached hydrogen (secondary N) is 2. The van der Waals surface area contributed by atoms with E-state index in [0.717, 1.165) is 30.8 Å². The number of thioether (sulfide) groups is 1. The van der Waals surface area contributed by atoms with E-state index < -0.39 is 0 Å². The number of ether oxygens (including phenoxy) is 2. The lowest BCUT2D eigenvalue weighted by molar-refractivity contribution is -0.120. The highest BCUT2D eigenvalue weighted by Crippen LogP contribution is 2.22. The third-order valence-corrected chi connectivity index (χ3v) is 5.11. The van der Waals surface area contributed by atoms with E-state index >= 15 is 0 Å². The van der Waals surface area contributed by atoms with Gasteiger partial charge >= 0.3 is 0 Å². The van der Waals surface area contributed by atoms with Crippen molar-refractivity contribution >= 4 is 36.7 Å². The summed E-state index contributed by atoms with van der Waals surface area (Å²) in [5, 5.41) is 5.59. The maximum Gasteiger partial charge on any atom is 0.220 e. The van der Waals surface area contributed by atoms with Gasteiger partial charge < -0.3 is 20.1 Å². The Balaban J connectivity index is -0.000000493. The zero-order valence-corrected chi connectivity index (χ0v) is 25.8. The van der Waals surface area contributed by atoms with Crippen LogP contribution in [0.15, 0.2) is 0 Å². The molecular weight excluding hydrogens is 468 g/mol. The fourth-order valence-corrected chi connectivity index (χ4v) is 2.61. The van der Waals surface area contributed by atoms with E-state index in [1.54, 1.807) is 11.8 Å². The number of carbonyl (C=O) groups excluding carboxylic acids is 2. The molecule has 0 aliphatic heterocycles. The normalized spacial score (nSPS) is 10.4. The van der Waals surface area contributed by atoms with Gasteiger partial charge in [0.1, 0.15) is 0 Å². The molecule has 0 saturated carbocycles. The molecule has 0 radical (unpaired) electrons. The molecule has 0 rings (SSSR count). The smallest absolute Gasteiger partial charge is 0.220 e. The van der Waals surface area contributed by atoms with Gasteiger partial charge in [0, 0.05) is 37.3 Å². The molecule has 0 aromatic rings. The number of carbonyl (C=O) groups is 2. The average Bonchev–Trinajstić information content (AvgIpc) is 2.82. The second-order valence-electron chi connectivity index (χ2n) is 8.87. The van der Waals surface area contributed by atoms with Crippen molar-refractivity contribution in [3.8, 4) is 0 Å². The maximum absolute atomic E-state index is 11.5. The number of amides is 2. The first-order valence-electron chi connectivity index (χ1n) is 12.8. The van der Waals surface area contributed by atoms with E-state index in [9.17, 15) is 9.59 Å². The molecule has 6 nitrogen and oxygen atoms in total. The Hall–Kier alpha value is -0.440. The van der Waals surface area contributed by atoms with Crippen LogP contribution < -0.4 is 10.6 Å². The fraction of sp³-hybridized carbons (Fsp3) is 0.923. The summed E-state index contributed by atoms with van der Waals surface area (Å²) in [5.41, 5.74) is -0.0276. The van der Waals surface area contributed by atoms with Crippen LogP contribution in [0.2, 0.25) is 0 Å². The van der Waals surface area contributed by atoms with Crippen molar-refractivity contribution in [2.75, 3.05) is 57.3 Å². The Morgan fingerprint density at radius 1 is 0.971 bits per heavy atom. The highest BCUT2D eigenvalue weighted by Gasteiger charge is 2.22. The van der Waals surface area contributed by atoms with Gasteiger partial charge in [0.25, 0.3) is 0 Å². The molecule has 0 aromatic heterocycles. The minimum atomic E-state index is -0.0568. The summed E-state index contributed by atoms with van der Waals surface area (Å²) in [6.07, 6.45) is 6.19. The fourth-order valence-electron chi connectivity index (χ4n) is 2.22. The van der Waals surface area contributed by atoms with Crippen molar-refractivity contribution in [1.29, 1.82) is 0 Å². The second kappa shape index (κ2) is 30.6.